The van der Waals surface area contributed by atoms with E-state index in [-0.39, 0.29) is 24.5 Å². The van der Waals surface area contributed by atoms with Gasteiger partial charge in [-0.25, -0.2) is 4.79 Å². The minimum absolute atomic E-state index is 0.00387. The van der Waals surface area contributed by atoms with Gasteiger partial charge in [0.15, 0.2) is 0 Å². The lowest BCUT2D eigenvalue weighted by Crippen LogP contribution is -2.47. The van der Waals surface area contributed by atoms with Crippen molar-refractivity contribution in [2.75, 3.05) is 13.2 Å². The molecular weight excluding hydrogens is 693 g/mol. The number of nitrogens with one attached hydrogen (secondary N) is 2. The molecule has 0 radical (unpaired) electrons. The molecule has 2 amide bonds. The molecule has 2 atom stereocenters. The molecule has 0 heterocycles. The number of hydrogen-bond acceptors (Lipinski definition) is 6. The highest BCUT2D eigenvalue weighted by atomic mass is 16.5. The zero-order valence-corrected chi connectivity index (χ0v) is 36.0. The van der Waals surface area contributed by atoms with E-state index >= 15 is 0 Å². The Balaban J connectivity index is 4.18. The molecule has 0 saturated heterocycles. The van der Waals surface area contributed by atoms with Gasteiger partial charge in [0, 0.05) is 12.8 Å². The van der Waals surface area contributed by atoms with Crippen LogP contribution in [0.3, 0.4) is 0 Å². The van der Waals surface area contributed by atoms with Crippen LogP contribution < -0.4 is 10.6 Å². The van der Waals surface area contributed by atoms with Crippen LogP contribution in [0, 0.1) is 0 Å². The quantitative estimate of drug-likeness (QED) is 0.0356. The highest BCUT2D eigenvalue weighted by Crippen LogP contribution is 2.19. The Morgan fingerprint density at radius 3 is 1.18 bits per heavy atom. The van der Waals surface area contributed by atoms with Crippen LogP contribution >= 0.6 is 0 Å². The number of amides is 2. The molecule has 0 fully saturated rings. The summed E-state index contributed by atoms with van der Waals surface area (Å²) in [5.41, 5.74) is 0. The number of aliphatic carboxylic acids is 1. The molecule has 324 valence electrons. The largest absolute Gasteiger partial charge is 0.480 e. The monoisotopic (exact) mass is 781 g/mol. The fraction of sp³-hybridized carbons (Fsp3) is 0.913. The summed E-state index contributed by atoms with van der Waals surface area (Å²) in [4.78, 5) is 47.6. The van der Waals surface area contributed by atoms with Gasteiger partial charge in [0.1, 0.15) is 12.1 Å². The SMILES string of the molecule is CCCCCCCCCCCCCCCCCCCC(=O)OC(CCCCCCCCCCCC)CCCCCCCC(=O)NCC(=O)NC(CO)C(=O)O. The summed E-state index contributed by atoms with van der Waals surface area (Å²) in [6, 6.07) is -1.38. The lowest BCUT2D eigenvalue weighted by atomic mass is 10.0. The molecular formula is C46H88N2O7. The Hall–Kier alpha value is -2.16. The smallest absolute Gasteiger partial charge is 0.328 e. The van der Waals surface area contributed by atoms with Crippen LogP contribution in [0.5, 0.6) is 0 Å². The highest BCUT2D eigenvalue weighted by molar-refractivity contribution is 5.87. The Kier molecular flexibility index (Phi) is 39.8. The molecule has 55 heavy (non-hydrogen) atoms. The first-order valence-corrected chi connectivity index (χ1v) is 23.4. The topological polar surface area (TPSA) is 142 Å². The van der Waals surface area contributed by atoms with Crippen LogP contribution in [0.15, 0.2) is 0 Å². The highest BCUT2D eigenvalue weighted by Gasteiger charge is 2.19. The maximum Gasteiger partial charge on any atom is 0.328 e. The molecule has 0 aliphatic rings. The van der Waals surface area contributed by atoms with Crippen molar-refractivity contribution >= 4 is 23.8 Å². The Morgan fingerprint density at radius 2 is 0.818 bits per heavy atom. The van der Waals surface area contributed by atoms with Crippen LogP contribution in [-0.4, -0.2) is 59.3 Å². The van der Waals surface area contributed by atoms with E-state index < -0.39 is 24.5 Å². The number of aliphatic hydroxyl groups excluding tert-OH is 1. The van der Waals surface area contributed by atoms with Crippen LogP contribution in [0.1, 0.15) is 245 Å². The zero-order valence-electron chi connectivity index (χ0n) is 36.0. The number of unbranched alkanes of at least 4 members (excludes halogenated alkanes) is 29. The first-order chi connectivity index (χ1) is 26.8. The Labute approximate surface area is 338 Å². The van der Waals surface area contributed by atoms with Crippen LogP contribution in [0.25, 0.3) is 0 Å². The summed E-state index contributed by atoms with van der Waals surface area (Å²) in [7, 11) is 0. The van der Waals surface area contributed by atoms with Gasteiger partial charge >= 0.3 is 11.9 Å². The van der Waals surface area contributed by atoms with Crippen molar-refractivity contribution in [3.05, 3.63) is 0 Å². The van der Waals surface area contributed by atoms with Gasteiger partial charge in [-0.3, -0.25) is 14.4 Å². The second kappa shape index (κ2) is 41.5. The summed E-state index contributed by atoms with van der Waals surface area (Å²) in [6.07, 6.45) is 42.8. The molecule has 0 saturated carbocycles. The third-order valence-corrected chi connectivity index (χ3v) is 10.9. The normalized spacial score (nSPS) is 12.3. The van der Waals surface area contributed by atoms with E-state index in [0.29, 0.717) is 19.3 Å². The number of carboxylic acids is 1. The first kappa shape index (κ1) is 52.8. The van der Waals surface area contributed by atoms with E-state index in [9.17, 15) is 19.2 Å². The summed E-state index contributed by atoms with van der Waals surface area (Å²) in [6.45, 7) is 3.51. The molecule has 0 aromatic carbocycles. The average molecular weight is 781 g/mol. The third kappa shape index (κ3) is 38.5. The second-order valence-corrected chi connectivity index (χ2v) is 16.2. The van der Waals surface area contributed by atoms with Gasteiger partial charge in [-0.2, -0.15) is 0 Å². The van der Waals surface area contributed by atoms with Crippen LogP contribution in [0.2, 0.25) is 0 Å². The van der Waals surface area contributed by atoms with Gasteiger partial charge in [-0.05, 0) is 38.5 Å². The number of ether oxygens (including phenoxy) is 1. The average Bonchev–Trinajstić information content (AvgIpc) is 3.17. The van der Waals surface area contributed by atoms with Crippen molar-refractivity contribution < 1.29 is 34.1 Å². The molecule has 9 heteroatoms. The number of carboxylic acid groups (broad SMARTS) is 1. The predicted molar refractivity (Wildman–Crippen MR) is 227 cm³/mol. The molecule has 0 aliphatic carbocycles. The van der Waals surface area contributed by atoms with Gasteiger partial charge in [0.25, 0.3) is 0 Å². The lowest BCUT2D eigenvalue weighted by molar-refractivity contribution is -0.150. The predicted octanol–water partition coefficient (Wildman–Crippen LogP) is 11.7. The standard InChI is InChI=1S/C46H88N2O7/c1-3-5-7-9-11-13-15-16-17-18-19-20-21-23-25-30-34-38-45(52)55-41(35-31-27-24-22-14-12-10-8-6-4-2)36-32-28-26-29-33-37-43(50)47-39-44(51)48-42(40-49)46(53)54/h41-42,49H,3-40H2,1-2H3,(H,47,50)(H,48,51)(H,53,54). The molecule has 9 nitrogen and oxygen atoms in total. The molecule has 0 rings (SSSR count). The van der Waals surface area contributed by atoms with Crippen LogP contribution in [-0.2, 0) is 23.9 Å². The van der Waals surface area contributed by atoms with E-state index in [4.69, 9.17) is 14.9 Å². The second-order valence-electron chi connectivity index (χ2n) is 16.2. The van der Waals surface area contributed by atoms with E-state index in [1.54, 1.807) is 0 Å². The van der Waals surface area contributed by atoms with Gasteiger partial charge in [0.05, 0.1) is 13.2 Å². The third-order valence-electron chi connectivity index (χ3n) is 10.9. The molecule has 0 bridgehead atoms. The molecule has 0 aromatic heterocycles. The van der Waals surface area contributed by atoms with Gasteiger partial charge in [-0.1, -0.05) is 194 Å². The van der Waals surface area contributed by atoms with Crippen molar-refractivity contribution in [3.8, 4) is 0 Å². The van der Waals surface area contributed by atoms with E-state index in [1.165, 1.54) is 154 Å². The Morgan fingerprint density at radius 1 is 0.473 bits per heavy atom. The number of aliphatic hydroxyl groups is 1. The fourth-order valence-corrected chi connectivity index (χ4v) is 7.25. The van der Waals surface area contributed by atoms with Gasteiger partial charge < -0.3 is 25.6 Å². The maximum absolute atomic E-state index is 12.8. The van der Waals surface area contributed by atoms with E-state index in [2.05, 4.69) is 24.5 Å². The summed E-state index contributed by atoms with van der Waals surface area (Å²) >= 11 is 0. The number of hydrogen-bond donors (Lipinski definition) is 4. The molecule has 0 spiro atoms. The summed E-state index contributed by atoms with van der Waals surface area (Å²) in [5.74, 6) is -2.27. The van der Waals surface area contributed by atoms with Crippen molar-refractivity contribution in [2.24, 2.45) is 0 Å². The minimum Gasteiger partial charge on any atom is -0.480 e. The van der Waals surface area contributed by atoms with Gasteiger partial charge in [-0.15, -0.1) is 0 Å². The summed E-state index contributed by atoms with van der Waals surface area (Å²) < 4.78 is 6.04. The molecule has 4 N–H and O–H groups in total. The molecule has 0 aliphatic heterocycles. The Bertz CT molecular complexity index is 900. The van der Waals surface area contributed by atoms with Crippen molar-refractivity contribution in [3.63, 3.8) is 0 Å². The molecule has 0 aromatic rings. The van der Waals surface area contributed by atoms with E-state index in [0.717, 1.165) is 57.8 Å². The maximum atomic E-state index is 12.8. The summed E-state index contributed by atoms with van der Waals surface area (Å²) in [5, 5.41) is 22.6. The first-order valence-electron chi connectivity index (χ1n) is 23.4. The fourth-order valence-electron chi connectivity index (χ4n) is 7.25. The van der Waals surface area contributed by atoms with Crippen LogP contribution in [0.4, 0.5) is 0 Å². The lowest BCUT2D eigenvalue weighted by Gasteiger charge is -2.18. The molecule has 2 unspecified atom stereocenters. The minimum atomic E-state index is -1.38. The number of esters is 1. The number of carbonyl (C=O) groups excluding carboxylic acids is 3. The van der Waals surface area contributed by atoms with E-state index in [1.807, 2.05) is 0 Å². The van der Waals surface area contributed by atoms with Crippen molar-refractivity contribution in [1.82, 2.24) is 10.6 Å². The van der Waals surface area contributed by atoms with Gasteiger partial charge in [0.2, 0.25) is 11.8 Å². The number of carbonyl (C=O) groups is 4. The zero-order chi connectivity index (χ0) is 40.5. The number of rotatable bonds is 43. The van der Waals surface area contributed by atoms with Crippen molar-refractivity contribution in [2.45, 2.75) is 257 Å². The van der Waals surface area contributed by atoms with Crippen molar-refractivity contribution in [1.29, 1.82) is 0 Å².